The Bertz CT molecular complexity index is 1120. The Balaban J connectivity index is 1.68. The molecule has 0 radical (unpaired) electrons. The zero-order chi connectivity index (χ0) is 25.7. The van der Waals surface area contributed by atoms with Crippen molar-refractivity contribution in [1.82, 2.24) is 9.80 Å². The van der Waals surface area contributed by atoms with Crippen molar-refractivity contribution in [2.24, 2.45) is 0 Å². The van der Waals surface area contributed by atoms with Crippen LogP contribution in [0.3, 0.4) is 0 Å². The number of rotatable bonds is 9. The van der Waals surface area contributed by atoms with Crippen LogP contribution in [0.1, 0.15) is 36.1 Å². The summed E-state index contributed by atoms with van der Waals surface area (Å²) in [6.07, 6.45) is 0.711. The van der Waals surface area contributed by atoms with Crippen molar-refractivity contribution >= 4 is 17.4 Å². The molecule has 2 saturated heterocycles. The van der Waals surface area contributed by atoms with Gasteiger partial charge in [-0.25, -0.2) is 0 Å². The van der Waals surface area contributed by atoms with Crippen LogP contribution in [-0.2, 0) is 14.3 Å². The number of ether oxygens (including phenoxy) is 3. The maximum atomic E-state index is 13.3. The molecule has 2 aliphatic heterocycles. The molecule has 0 spiro atoms. The van der Waals surface area contributed by atoms with Crippen molar-refractivity contribution in [1.29, 1.82) is 0 Å². The molecule has 192 valence electrons. The molecule has 4 rings (SSSR count). The van der Waals surface area contributed by atoms with Gasteiger partial charge in [-0.15, -0.1) is 0 Å². The summed E-state index contributed by atoms with van der Waals surface area (Å²) < 4.78 is 16.3. The molecule has 36 heavy (non-hydrogen) atoms. The summed E-state index contributed by atoms with van der Waals surface area (Å²) in [4.78, 5) is 30.4. The van der Waals surface area contributed by atoms with Crippen LogP contribution in [0.2, 0.25) is 0 Å². The van der Waals surface area contributed by atoms with E-state index in [1.165, 1.54) is 0 Å². The van der Waals surface area contributed by atoms with Gasteiger partial charge >= 0.3 is 0 Å². The summed E-state index contributed by atoms with van der Waals surface area (Å²) in [5.74, 6) is -0.0722. The third-order valence-corrected chi connectivity index (χ3v) is 6.69. The zero-order valence-corrected chi connectivity index (χ0v) is 21.2. The lowest BCUT2D eigenvalue weighted by molar-refractivity contribution is -0.140. The number of amides is 1. The van der Waals surface area contributed by atoms with Crippen LogP contribution in [0.15, 0.2) is 48.0 Å². The lowest BCUT2D eigenvalue weighted by Gasteiger charge is -2.29. The van der Waals surface area contributed by atoms with E-state index in [4.69, 9.17) is 14.2 Å². The van der Waals surface area contributed by atoms with E-state index in [-0.39, 0.29) is 11.3 Å². The molecule has 2 heterocycles. The van der Waals surface area contributed by atoms with Gasteiger partial charge in [0.1, 0.15) is 17.3 Å². The number of morpholine rings is 1. The highest BCUT2D eigenvalue weighted by Crippen LogP contribution is 2.40. The number of carbonyl (C=O) groups excluding carboxylic acids is 2. The maximum Gasteiger partial charge on any atom is 0.295 e. The van der Waals surface area contributed by atoms with Gasteiger partial charge < -0.3 is 24.2 Å². The monoisotopic (exact) mass is 494 g/mol. The molecule has 8 heteroatoms. The fraction of sp³-hybridized carbons (Fsp3) is 0.429. The van der Waals surface area contributed by atoms with Gasteiger partial charge in [-0.05, 0) is 61.7 Å². The van der Waals surface area contributed by atoms with Crippen molar-refractivity contribution in [3.05, 3.63) is 64.7 Å². The number of aryl methyl sites for hydroxylation is 1. The predicted molar refractivity (Wildman–Crippen MR) is 136 cm³/mol. The molecule has 0 unspecified atom stereocenters. The summed E-state index contributed by atoms with van der Waals surface area (Å²) in [7, 11) is 1.58. The topological polar surface area (TPSA) is 88.5 Å². The van der Waals surface area contributed by atoms with Crippen LogP contribution in [0.25, 0.3) is 5.76 Å². The zero-order valence-electron chi connectivity index (χ0n) is 21.2. The lowest BCUT2D eigenvalue weighted by atomic mass is 9.94. The molecule has 0 bridgehead atoms. The van der Waals surface area contributed by atoms with E-state index < -0.39 is 17.7 Å². The first kappa shape index (κ1) is 25.7. The number of methoxy groups -OCH3 is 1. The summed E-state index contributed by atoms with van der Waals surface area (Å²) in [5.41, 5.74) is 2.13. The maximum absolute atomic E-state index is 13.3. The summed E-state index contributed by atoms with van der Waals surface area (Å²) in [6.45, 7) is 8.65. The van der Waals surface area contributed by atoms with Crippen molar-refractivity contribution in [3.63, 3.8) is 0 Å². The van der Waals surface area contributed by atoms with Gasteiger partial charge in [-0.1, -0.05) is 12.1 Å². The predicted octanol–water partition coefficient (Wildman–Crippen LogP) is 3.55. The number of carbonyl (C=O) groups is 2. The summed E-state index contributed by atoms with van der Waals surface area (Å²) in [6, 6.07) is 11.9. The molecule has 0 saturated carbocycles. The Morgan fingerprint density at radius 3 is 2.44 bits per heavy atom. The van der Waals surface area contributed by atoms with E-state index in [2.05, 4.69) is 4.90 Å². The van der Waals surface area contributed by atoms with Crippen LogP contribution in [-0.4, -0.2) is 79.7 Å². The largest absolute Gasteiger partial charge is 0.507 e. The number of benzene rings is 2. The van der Waals surface area contributed by atoms with Crippen molar-refractivity contribution in [2.75, 3.05) is 53.1 Å². The van der Waals surface area contributed by atoms with Crippen molar-refractivity contribution in [3.8, 4) is 11.5 Å². The molecule has 2 aromatic carbocycles. The Kier molecular flexibility index (Phi) is 8.28. The standard InChI is InChI=1S/C28H34N2O6/c1-4-36-22-9-6-20(7-10-22)25-24(26(31)21-8-11-23(34-3)19(2)18-21)27(32)28(33)30(25)13-5-12-29-14-16-35-17-15-29/h6-11,18,25,31H,4-5,12-17H2,1-3H3/b26-24+/t25-/m0/s1. The van der Waals surface area contributed by atoms with E-state index in [0.717, 1.165) is 30.8 Å². The van der Waals surface area contributed by atoms with Crippen LogP contribution in [0.4, 0.5) is 0 Å². The Morgan fingerprint density at radius 2 is 1.81 bits per heavy atom. The first-order chi connectivity index (χ1) is 17.4. The highest BCUT2D eigenvalue weighted by molar-refractivity contribution is 6.46. The summed E-state index contributed by atoms with van der Waals surface area (Å²) >= 11 is 0. The number of nitrogens with zero attached hydrogens (tertiary/aromatic N) is 2. The quantitative estimate of drug-likeness (QED) is 0.324. The van der Waals surface area contributed by atoms with E-state index in [1.807, 2.05) is 38.1 Å². The third kappa shape index (κ3) is 5.39. The normalized spacial score (nSPS) is 20.1. The number of Topliss-reactive ketones (excluding diaryl/α,β-unsaturated/α-hetero) is 1. The highest BCUT2D eigenvalue weighted by Gasteiger charge is 2.45. The fourth-order valence-corrected chi connectivity index (χ4v) is 4.84. The molecule has 1 N–H and O–H groups in total. The molecular weight excluding hydrogens is 460 g/mol. The van der Waals surface area contributed by atoms with E-state index in [1.54, 1.807) is 30.2 Å². The molecule has 8 nitrogen and oxygen atoms in total. The van der Waals surface area contributed by atoms with Crippen LogP contribution in [0, 0.1) is 6.92 Å². The van der Waals surface area contributed by atoms with Crippen molar-refractivity contribution in [2.45, 2.75) is 26.3 Å². The molecule has 2 fully saturated rings. The minimum atomic E-state index is -0.687. The number of aliphatic hydroxyl groups is 1. The van der Waals surface area contributed by atoms with Gasteiger partial charge in [0, 0.05) is 31.7 Å². The van der Waals surface area contributed by atoms with E-state index in [9.17, 15) is 14.7 Å². The van der Waals surface area contributed by atoms with Crippen LogP contribution < -0.4 is 9.47 Å². The second kappa shape index (κ2) is 11.6. The van der Waals surface area contributed by atoms with Gasteiger partial charge in [-0.3, -0.25) is 14.5 Å². The van der Waals surface area contributed by atoms with Gasteiger partial charge in [0.25, 0.3) is 11.7 Å². The van der Waals surface area contributed by atoms with Gasteiger partial charge in [0.2, 0.25) is 0 Å². The van der Waals surface area contributed by atoms with Gasteiger partial charge in [0.05, 0.1) is 38.5 Å². The lowest BCUT2D eigenvalue weighted by Crippen LogP contribution is -2.38. The molecule has 2 aliphatic rings. The highest BCUT2D eigenvalue weighted by atomic mass is 16.5. The molecular formula is C28H34N2O6. The average molecular weight is 495 g/mol. The van der Waals surface area contributed by atoms with Gasteiger partial charge in [-0.2, -0.15) is 0 Å². The molecule has 0 aromatic heterocycles. The first-order valence-electron chi connectivity index (χ1n) is 12.4. The minimum Gasteiger partial charge on any atom is -0.507 e. The Morgan fingerprint density at radius 1 is 1.08 bits per heavy atom. The second-order valence-electron chi connectivity index (χ2n) is 8.99. The Hall–Kier alpha value is -3.36. The average Bonchev–Trinajstić information content (AvgIpc) is 3.14. The number of hydrogen-bond donors (Lipinski definition) is 1. The molecule has 2 aromatic rings. The van der Waals surface area contributed by atoms with Gasteiger partial charge in [0.15, 0.2) is 0 Å². The smallest absolute Gasteiger partial charge is 0.295 e. The Labute approximate surface area is 212 Å². The van der Waals surface area contributed by atoms with Crippen LogP contribution in [0.5, 0.6) is 11.5 Å². The third-order valence-electron chi connectivity index (χ3n) is 6.69. The second-order valence-corrected chi connectivity index (χ2v) is 8.99. The number of aliphatic hydroxyl groups excluding tert-OH is 1. The van der Waals surface area contributed by atoms with E-state index in [0.29, 0.717) is 49.8 Å². The van der Waals surface area contributed by atoms with Crippen LogP contribution >= 0.6 is 0 Å². The van der Waals surface area contributed by atoms with E-state index >= 15 is 0 Å². The first-order valence-corrected chi connectivity index (χ1v) is 12.4. The number of likely N-dealkylation sites (tertiary alicyclic amines) is 1. The molecule has 0 aliphatic carbocycles. The van der Waals surface area contributed by atoms with Crippen molar-refractivity contribution < 1.29 is 28.9 Å². The molecule has 1 amide bonds. The summed E-state index contributed by atoms with van der Waals surface area (Å²) in [5, 5.41) is 11.3. The SMILES string of the molecule is CCOc1ccc([C@H]2/C(=C(\O)c3ccc(OC)c(C)c3)C(=O)C(=O)N2CCCN2CCOCC2)cc1. The fourth-order valence-electron chi connectivity index (χ4n) is 4.84. The molecule has 1 atom stereocenters. The number of hydrogen-bond acceptors (Lipinski definition) is 7. The number of ketones is 1. The minimum absolute atomic E-state index is 0.0973.